The number of rotatable bonds is 7. The maximum atomic E-state index is 12.9. The Morgan fingerprint density at radius 1 is 1.09 bits per heavy atom. The molecule has 0 aromatic rings. The van der Waals surface area contributed by atoms with Crippen molar-refractivity contribution in [2.24, 2.45) is 0 Å². The quantitative estimate of drug-likeness (QED) is 0.390. The molecule has 1 aliphatic carbocycles. The molecule has 0 amide bonds. The van der Waals surface area contributed by atoms with E-state index in [1.165, 1.54) is 25.7 Å². The number of anilines is 1. The maximum absolute atomic E-state index is 12.9. The molecular formula is C21H31N5O7. The largest absolute Gasteiger partial charge is 0.479 e. The van der Waals surface area contributed by atoms with Gasteiger partial charge < -0.3 is 25.7 Å². The summed E-state index contributed by atoms with van der Waals surface area (Å²) in [4.78, 5) is 42.1. The van der Waals surface area contributed by atoms with Crippen molar-refractivity contribution in [1.29, 1.82) is 0 Å². The molecule has 5 N–H and O–H groups in total. The highest BCUT2D eigenvalue weighted by molar-refractivity contribution is 5.83. The lowest BCUT2D eigenvalue weighted by atomic mass is 10.1. The predicted molar refractivity (Wildman–Crippen MR) is 117 cm³/mol. The molecule has 0 radical (unpaired) electrons. The Morgan fingerprint density at radius 3 is 2.21 bits per heavy atom. The van der Waals surface area contributed by atoms with Gasteiger partial charge in [-0.25, -0.2) is 24.4 Å². The van der Waals surface area contributed by atoms with Gasteiger partial charge in [-0.05, 0) is 25.7 Å². The molecule has 0 aromatic heterocycles. The molecule has 3 aliphatic heterocycles. The zero-order valence-electron chi connectivity index (χ0n) is 18.8. The van der Waals surface area contributed by atoms with Crippen molar-refractivity contribution in [2.75, 3.05) is 5.32 Å². The first-order valence-corrected chi connectivity index (χ1v) is 11.3. The van der Waals surface area contributed by atoms with Gasteiger partial charge in [-0.2, -0.15) is 0 Å². The van der Waals surface area contributed by atoms with E-state index in [1.807, 2.05) is 9.13 Å². The molecular weight excluding hydrogens is 434 g/mol. The van der Waals surface area contributed by atoms with Crippen LogP contribution in [-0.2, 0) is 22.7 Å². The summed E-state index contributed by atoms with van der Waals surface area (Å²) in [5.41, 5.74) is 0.937. The van der Waals surface area contributed by atoms with Crippen molar-refractivity contribution in [3.8, 4) is 11.5 Å². The lowest BCUT2D eigenvalue weighted by molar-refractivity contribution is -0.165. The molecule has 2 unspecified atom stereocenters. The second kappa shape index (κ2) is 10.3. The van der Waals surface area contributed by atoms with E-state index in [4.69, 9.17) is 30.4 Å². The van der Waals surface area contributed by atoms with Gasteiger partial charge in [-0.15, -0.1) is 0 Å². The van der Waals surface area contributed by atoms with E-state index in [0.717, 1.165) is 42.5 Å². The second-order valence-electron chi connectivity index (χ2n) is 8.44. The number of carboxylic acid groups (broad SMARTS) is 2. The zero-order valence-corrected chi connectivity index (χ0v) is 18.8. The number of fused-ring (bicyclic) bond motifs is 3. The fourth-order valence-corrected chi connectivity index (χ4v) is 4.23. The Labute approximate surface area is 190 Å². The van der Waals surface area contributed by atoms with E-state index in [2.05, 4.69) is 19.2 Å². The van der Waals surface area contributed by atoms with Crippen molar-refractivity contribution in [1.82, 2.24) is 19.1 Å². The molecule has 1 saturated carbocycles. The van der Waals surface area contributed by atoms with E-state index in [9.17, 15) is 14.4 Å². The summed E-state index contributed by atoms with van der Waals surface area (Å²) in [5.74, 6) is -0.478. The van der Waals surface area contributed by atoms with Crippen LogP contribution in [0.1, 0.15) is 64.1 Å². The van der Waals surface area contributed by atoms with Crippen molar-refractivity contribution in [3.05, 3.63) is 16.3 Å². The molecule has 3 atom stereocenters. The van der Waals surface area contributed by atoms with Crippen LogP contribution in [0.25, 0.3) is 11.5 Å². The minimum absolute atomic E-state index is 0.0515. The van der Waals surface area contributed by atoms with Gasteiger partial charge in [-0.3, -0.25) is 9.13 Å². The van der Waals surface area contributed by atoms with Crippen LogP contribution < -0.4 is 11.0 Å². The van der Waals surface area contributed by atoms with Crippen LogP contribution in [0.2, 0.25) is 0 Å². The molecule has 1 fully saturated rings. The molecule has 33 heavy (non-hydrogen) atoms. The van der Waals surface area contributed by atoms with Gasteiger partial charge >= 0.3 is 17.6 Å². The summed E-state index contributed by atoms with van der Waals surface area (Å²) in [6, 6.07) is 0.315. The van der Waals surface area contributed by atoms with Gasteiger partial charge in [0.05, 0.1) is 0 Å². The normalized spacial score (nSPS) is 19.5. The number of hydrogen-bond donors (Lipinski definition) is 5. The number of imidazole rings is 1. The summed E-state index contributed by atoms with van der Waals surface area (Å²) in [6.45, 7) is 5.68. The molecule has 0 saturated heterocycles. The summed E-state index contributed by atoms with van der Waals surface area (Å²) in [6.07, 6.45) is 2.27. The number of aliphatic hydroxyl groups excluding tert-OH is 2. The first-order valence-electron chi connectivity index (χ1n) is 11.3. The molecule has 3 heterocycles. The molecule has 4 rings (SSSR count). The highest BCUT2D eigenvalue weighted by atomic mass is 16.4. The second-order valence-corrected chi connectivity index (χ2v) is 8.44. The van der Waals surface area contributed by atoms with Gasteiger partial charge in [0.2, 0.25) is 0 Å². The topological polar surface area (TPSA) is 180 Å². The fraction of sp³-hybridized carbons (Fsp3) is 0.667. The SMILES string of the molecule is CCCn1c2nc(C3CCCC3)nc-2c2n(c1=O)C[C@H](CC)N2.O=C(O)C(O)C(O)C(=O)O. The van der Waals surface area contributed by atoms with Crippen LogP contribution in [0, 0.1) is 0 Å². The maximum Gasteiger partial charge on any atom is 0.335 e. The van der Waals surface area contributed by atoms with E-state index in [-0.39, 0.29) is 5.69 Å². The number of hydrogen-bond acceptors (Lipinski definition) is 8. The summed E-state index contributed by atoms with van der Waals surface area (Å²) >= 11 is 0. The first kappa shape index (κ1) is 24.6. The Kier molecular flexibility index (Phi) is 7.69. The van der Waals surface area contributed by atoms with Crippen molar-refractivity contribution in [3.63, 3.8) is 0 Å². The van der Waals surface area contributed by atoms with Gasteiger partial charge in [0.15, 0.2) is 18.0 Å². The highest BCUT2D eigenvalue weighted by Gasteiger charge is 2.33. The van der Waals surface area contributed by atoms with Gasteiger partial charge in [0.1, 0.15) is 17.3 Å². The Hall–Kier alpha value is -2.99. The van der Waals surface area contributed by atoms with Crippen LogP contribution in [-0.4, -0.2) is 69.7 Å². The summed E-state index contributed by atoms with van der Waals surface area (Å²) in [7, 11) is 0. The number of carboxylic acids is 2. The minimum atomic E-state index is -2.27. The van der Waals surface area contributed by atoms with Crippen molar-refractivity contribution in [2.45, 2.75) is 89.6 Å². The monoisotopic (exact) mass is 465 g/mol. The van der Waals surface area contributed by atoms with Crippen LogP contribution in [0.15, 0.2) is 4.79 Å². The number of aliphatic hydroxyl groups is 2. The van der Waals surface area contributed by atoms with E-state index in [1.54, 1.807) is 0 Å². The van der Waals surface area contributed by atoms with E-state index in [0.29, 0.717) is 18.5 Å². The summed E-state index contributed by atoms with van der Waals surface area (Å²) < 4.78 is 3.68. The third kappa shape index (κ3) is 5.01. The molecule has 4 aliphatic rings. The van der Waals surface area contributed by atoms with Crippen molar-refractivity contribution >= 4 is 17.8 Å². The van der Waals surface area contributed by atoms with Gasteiger partial charge in [-0.1, -0.05) is 26.7 Å². The van der Waals surface area contributed by atoms with E-state index < -0.39 is 24.1 Å². The third-order valence-electron chi connectivity index (χ3n) is 6.08. The average molecular weight is 466 g/mol. The van der Waals surface area contributed by atoms with Gasteiger partial charge in [0, 0.05) is 25.0 Å². The number of nitrogens with one attached hydrogen (secondary N) is 1. The fourth-order valence-electron chi connectivity index (χ4n) is 4.23. The minimum Gasteiger partial charge on any atom is -0.479 e. The zero-order chi connectivity index (χ0) is 24.3. The molecule has 0 spiro atoms. The van der Waals surface area contributed by atoms with Crippen LogP contribution in [0.3, 0.4) is 0 Å². The summed E-state index contributed by atoms with van der Waals surface area (Å²) in [5, 5.41) is 36.0. The Morgan fingerprint density at radius 2 is 1.70 bits per heavy atom. The first-order chi connectivity index (χ1) is 15.7. The van der Waals surface area contributed by atoms with Gasteiger partial charge in [0.25, 0.3) is 0 Å². The molecule has 0 aromatic carbocycles. The van der Waals surface area contributed by atoms with Crippen LogP contribution >= 0.6 is 0 Å². The van der Waals surface area contributed by atoms with E-state index >= 15 is 0 Å². The average Bonchev–Trinajstić information content (AvgIpc) is 3.54. The number of nitrogens with zero attached hydrogens (tertiary/aromatic N) is 4. The Balaban J connectivity index is 0.000000262. The lowest BCUT2D eigenvalue weighted by Gasteiger charge is -2.13. The highest BCUT2D eigenvalue weighted by Crippen LogP contribution is 2.37. The smallest absolute Gasteiger partial charge is 0.335 e. The Bertz CT molecular complexity index is 1010. The standard InChI is InChI=1S/C17H25N5O.C4H6O6/c1-3-9-21-16-13(19-14(20-16)11-7-5-6-8-11)15-18-12(4-2)10-22(15)17(21)23;5-1(3(7)8)2(6)4(9)10/h11-12,18H,3-10H2,1-2H3;1-2,5-6H,(H,7,8)(H,9,10)/t12-;/m0./s1. The molecule has 12 nitrogen and oxygen atoms in total. The third-order valence-corrected chi connectivity index (χ3v) is 6.08. The number of aromatic nitrogens is 4. The predicted octanol–water partition coefficient (Wildman–Crippen LogP) is 0.694. The van der Waals surface area contributed by atoms with Crippen LogP contribution in [0.5, 0.6) is 0 Å². The number of aliphatic carboxylic acids is 2. The number of carbonyl (C=O) groups is 2. The van der Waals surface area contributed by atoms with Crippen LogP contribution in [0.4, 0.5) is 5.82 Å². The molecule has 182 valence electrons. The lowest BCUT2D eigenvalue weighted by Crippen LogP contribution is -2.39. The van der Waals surface area contributed by atoms with Crippen molar-refractivity contribution < 1.29 is 30.0 Å². The molecule has 12 heteroatoms. The molecule has 0 bridgehead atoms.